The summed E-state index contributed by atoms with van der Waals surface area (Å²) >= 11 is 1.42. The molecule has 1 aliphatic rings. The van der Waals surface area contributed by atoms with Crippen LogP contribution in [0.5, 0.6) is 0 Å². The van der Waals surface area contributed by atoms with E-state index in [2.05, 4.69) is 28.8 Å². The van der Waals surface area contributed by atoms with Crippen molar-refractivity contribution in [1.29, 1.82) is 0 Å². The number of aryl methyl sites for hydroxylation is 2. The van der Waals surface area contributed by atoms with Gasteiger partial charge in [0, 0.05) is 19.6 Å². The number of thiophene rings is 1. The van der Waals surface area contributed by atoms with Crippen molar-refractivity contribution >= 4 is 33.3 Å². The Morgan fingerprint density at radius 1 is 1.24 bits per heavy atom. The van der Waals surface area contributed by atoms with Gasteiger partial charge in [-0.1, -0.05) is 13.3 Å². The topological polar surface area (TPSA) is 58.6 Å². The molecule has 2 aromatic heterocycles. The van der Waals surface area contributed by atoms with E-state index >= 15 is 0 Å². The van der Waals surface area contributed by atoms with Gasteiger partial charge in [-0.2, -0.15) is 0 Å². The molecule has 6 nitrogen and oxygen atoms in total. The highest BCUT2D eigenvalue weighted by atomic mass is 32.1. The van der Waals surface area contributed by atoms with E-state index in [1.165, 1.54) is 50.1 Å². The van der Waals surface area contributed by atoms with Crippen molar-refractivity contribution in [3.8, 4) is 0 Å². The first kappa shape index (κ1) is 22.0. The molecule has 3 heterocycles. The van der Waals surface area contributed by atoms with E-state index in [4.69, 9.17) is 9.72 Å². The number of carbonyl (C=O) groups is 1. The standard InChI is InChI=1S/C22H34N4O2S/c1-6-8-11-25(5)14-17-9-12-26(13-10-17)20-18-15(3)19(22(27)28-7-2)29-21(18)24-16(4)23-20/h17H,6-14H2,1-5H3. The summed E-state index contributed by atoms with van der Waals surface area (Å²) in [6.07, 6.45) is 4.87. The van der Waals surface area contributed by atoms with E-state index in [0.717, 1.165) is 46.4 Å². The summed E-state index contributed by atoms with van der Waals surface area (Å²) in [7, 11) is 2.24. The number of nitrogens with zero attached hydrogens (tertiary/aromatic N) is 4. The van der Waals surface area contributed by atoms with Crippen LogP contribution in [0, 0.1) is 19.8 Å². The SMILES string of the molecule is CCCCN(C)CC1CCN(c2nc(C)nc3sc(C(=O)OCC)c(C)c23)CC1. The number of aromatic nitrogens is 2. The molecule has 0 bridgehead atoms. The van der Waals surface area contributed by atoms with Gasteiger partial charge in [0.2, 0.25) is 0 Å². The Balaban J connectivity index is 1.77. The summed E-state index contributed by atoms with van der Waals surface area (Å²) in [6.45, 7) is 12.7. The molecule has 29 heavy (non-hydrogen) atoms. The van der Waals surface area contributed by atoms with Crippen molar-refractivity contribution in [3.05, 3.63) is 16.3 Å². The number of hydrogen-bond donors (Lipinski definition) is 0. The highest BCUT2D eigenvalue weighted by Crippen LogP contribution is 2.37. The average Bonchev–Trinajstić information content (AvgIpc) is 3.03. The summed E-state index contributed by atoms with van der Waals surface area (Å²) in [5.74, 6) is 2.22. The molecule has 0 aromatic carbocycles. The molecule has 0 N–H and O–H groups in total. The van der Waals surface area contributed by atoms with Crippen LogP contribution in [0.15, 0.2) is 0 Å². The number of fused-ring (bicyclic) bond motifs is 1. The Kier molecular flexibility index (Phi) is 7.46. The zero-order valence-electron chi connectivity index (χ0n) is 18.5. The van der Waals surface area contributed by atoms with Gasteiger partial charge in [0.1, 0.15) is 21.3 Å². The third kappa shape index (κ3) is 5.07. The molecule has 0 amide bonds. The third-order valence-corrected chi connectivity index (χ3v) is 6.89. The Morgan fingerprint density at radius 2 is 1.97 bits per heavy atom. The zero-order valence-corrected chi connectivity index (χ0v) is 19.3. The van der Waals surface area contributed by atoms with Crippen LogP contribution in [0.1, 0.15) is 60.6 Å². The molecule has 160 valence electrons. The van der Waals surface area contributed by atoms with E-state index in [1.54, 1.807) is 0 Å². The molecule has 1 saturated heterocycles. The number of anilines is 1. The highest BCUT2D eigenvalue weighted by Gasteiger charge is 2.26. The van der Waals surface area contributed by atoms with E-state index in [1.807, 2.05) is 20.8 Å². The van der Waals surface area contributed by atoms with Crippen molar-refractivity contribution in [2.75, 3.05) is 44.7 Å². The minimum atomic E-state index is -0.259. The fourth-order valence-electron chi connectivity index (χ4n) is 4.13. The normalized spacial score (nSPS) is 15.4. The van der Waals surface area contributed by atoms with Gasteiger partial charge in [0.05, 0.1) is 12.0 Å². The maximum absolute atomic E-state index is 12.4. The number of piperidine rings is 1. The monoisotopic (exact) mass is 418 g/mol. The third-order valence-electron chi connectivity index (χ3n) is 5.72. The predicted molar refractivity (Wildman–Crippen MR) is 120 cm³/mol. The van der Waals surface area contributed by atoms with Crippen LogP contribution in [0.3, 0.4) is 0 Å². The summed E-state index contributed by atoms with van der Waals surface area (Å²) in [5, 5.41) is 1.02. The van der Waals surface area contributed by atoms with E-state index < -0.39 is 0 Å². The average molecular weight is 419 g/mol. The van der Waals surface area contributed by atoms with E-state index in [9.17, 15) is 4.79 Å². The van der Waals surface area contributed by atoms with Gasteiger partial charge in [-0.05, 0) is 65.1 Å². The second-order valence-electron chi connectivity index (χ2n) is 8.10. The first-order valence-corrected chi connectivity index (χ1v) is 11.6. The van der Waals surface area contributed by atoms with Crippen LogP contribution in [-0.4, -0.2) is 60.7 Å². The molecule has 0 aliphatic carbocycles. The van der Waals surface area contributed by atoms with Gasteiger partial charge < -0.3 is 14.5 Å². The summed E-state index contributed by atoms with van der Waals surface area (Å²) in [5.41, 5.74) is 0.944. The lowest BCUT2D eigenvalue weighted by atomic mass is 9.96. The van der Waals surface area contributed by atoms with Gasteiger partial charge in [0.15, 0.2) is 0 Å². The molecule has 0 saturated carbocycles. The molecule has 3 rings (SSSR count). The second kappa shape index (κ2) is 9.85. The first-order chi connectivity index (χ1) is 13.9. The molecule has 0 spiro atoms. The number of carbonyl (C=O) groups excluding carboxylic acids is 1. The zero-order chi connectivity index (χ0) is 21.0. The Hall–Kier alpha value is -1.73. The smallest absolute Gasteiger partial charge is 0.348 e. The summed E-state index contributed by atoms with van der Waals surface area (Å²) in [4.78, 5) is 28.1. The minimum Gasteiger partial charge on any atom is -0.462 e. The number of rotatable bonds is 8. The molecule has 0 radical (unpaired) electrons. The summed E-state index contributed by atoms with van der Waals surface area (Å²) < 4.78 is 5.24. The lowest BCUT2D eigenvalue weighted by Crippen LogP contribution is -2.38. The molecule has 1 fully saturated rings. The number of ether oxygens (including phenoxy) is 1. The Morgan fingerprint density at radius 3 is 2.62 bits per heavy atom. The van der Waals surface area contributed by atoms with Crippen molar-refractivity contribution in [2.24, 2.45) is 5.92 Å². The second-order valence-corrected chi connectivity index (χ2v) is 9.10. The fraction of sp³-hybridized carbons (Fsp3) is 0.682. The number of esters is 1. The van der Waals surface area contributed by atoms with Crippen LogP contribution in [0.25, 0.3) is 10.2 Å². The van der Waals surface area contributed by atoms with Crippen LogP contribution < -0.4 is 4.90 Å². The lowest BCUT2D eigenvalue weighted by molar-refractivity contribution is 0.0531. The summed E-state index contributed by atoms with van der Waals surface area (Å²) in [6, 6.07) is 0. The minimum absolute atomic E-state index is 0.259. The molecule has 0 atom stereocenters. The molecular weight excluding hydrogens is 384 g/mol. The van der Waals surface area contributed by atoms with Gasteiger partial charge in [-0.15, -0.1) is 11.3 Å². The van der Waals surface area contributed by atoms with Crippen LogP contribution in [0.4, 0.5) is 5.82 Å². The van der Waals surface area contributed by atoms with Crippen molar-refractivity contribution in [3.63, 3.8) is 0 Å². The largest absolute Gasteiger partial charge is 0.462 e. The maximum atomic E-state index is 12.4. The Labute approximate surface area is 178 Å². The lowest BCUT2D eigenvalue weighted by Gasteiger charge is -2.35. The van der Waals surface area contributed by atoms with Crippen molar-refractivity contribution in [2.45, 2.75) is 53.4 Å². The maximum Gasteiger partial charge on any atom is 0.348 e. The molecule has 2 aromatic rings. The molecule has 0 unspecified atom stereocenters. The molecule has 7 heteroatoms. The highest BCUT2D eigenvalue weighted by molar-refractivity contribution is 7.20. The van der Waals surface area contributed by atoms with E-state index in [-0.39, 0.29) is 5.97 Å². The van der Waals surface area contributed by atoms with Crippen LogP contribution >= 0.6 is 11.3 Å². The van der Waals surface area contributed by atoms with Crippen molar-refractivity contribution in [1.82, 2.24) is 14.9 Å². The molecule has 1 aliphatic heterocycles. The van der Waals surface area contributed by atoms with Crippen LogP contribution in [-0.2, 0) is 4.74 Å². The van der Waals surface area contributed by atoms with Gasteiger partial charge in [-0.25, -0.2) is 14.8 Å². The molecular formula is C22H34N4O2S. The fourth-order valence-corrected chi connectivity index (χ4v) is 5.24. The van der Waals surface area contributed by atoms with E-state index in [0.29, 0.717) is 11.5 Å². The van der Waals surface area contributed by atoms with Crippen molar-refractivity contribution < 1.29 is 9.53 Å². The van der Waals surface area contributed by atoms with Gasteiger partial charge >= 0.3 is 5.97 Å². The number of unbranched alkanes of at least 4 members (excludes halogenated alkanes) is 1. The van der Waals surface area contributed by atoms with Gasteiger partial charge in [0.25, 0.3) is 0 Å². The van der Waals surface area contributed by atoms with Crippen LogP contribution in [0.2, 0.25) is 0 Å². The predicted octanol–water partition coefficient (Wildman–Crippen LogP) is 4.43. The Bertz CT molecular complexity index is 843. The van der Waals surface area contributed by atoms with Gasteiger partial charge in [-0.3, -0.25) is 0 Å². The number of hydrogen-bond acceptors (Lipinski definition) is 7. The first-order valence-electron chi connectivity index (χ1n) is 10.8. The quantitative estimate of drug-likeness (QED) is 0.591.